The van der Waals surface area contributed by atoms with Gasteiger partial charge in [0.1, 0.15) is 5.82 Å². The highest BCUT2D eigenvalue weighted by Crippen LogP contribution is 2.28. The number of alkyl halides is 2. The monoisotopic (exact) mass is 199 g/mol. The summed E-state index contributed by atoms with van der Waals surface area (Å²) >= 11 is 0. The van der Waals surface area contributed by atoms with Gasteiger partial charge in [-0.3, -0.25) is 0 Å². The van der Waals surface area contributed by atoms with Gasteiger partial charge in [0.2, 0.25) is 0 Å². The van der Waals surface area contributed by atoms with E-state index in [1.807, 2.05) is 6.92 Å². The van der Waals surface area contributed by atoms with Crippen molar-refractivity contribution >= 4 is 11.5 Å². The van der Waals surface area contributed by atoms with Crippen molar-refractivity contribution in [2.45, 2.75) is 12.8 Å². The van der Waals surface area contributed by atoms with Crippen LogP contribution >= 0.6 is 0 Å². The molecule has 0 saturated heterocycles. The summed E-state index contributed by atoms with van der Waals surface area (Å²) < 4.78 is 26.0. The van der Waals surface area contributed by atoms with Gasteiger partial charge in [-0.05, 0) is 18.6 Å². The number of aromatic nitrogens is 1. The number of nitrogens with one attached hydrogen (secondary N) is 2. The van der Waals surface area contributed by atoms with Crippen LogP contribution in [0.5, 0.6) is 0 Å². The van der Waals surface area contributed by atoms with Crippen LogP contribution in [0, 0.1) is 6.92 Å². The first-order chi connectivity index (χ1) is 6.58. The molecule has 5 heteroatoms. The SMILES string of the molecule is Cc1ccnc2c1NCC(F)(F)CN2. The van der Waals surface area contributed by atoms with Crippen LogP contribution in [0.15, 0.2) is 12.3 Å². The van der Waals surface area contributed by atoms with E-state index < -0.39 is 5.92 Å². The third-order valence-corrected chi connectivity index (χ3v) is 2.20. The van der Waals surface area contributed by atoms with Crippen LogP contribution in [0.25, 0.3) is 0 Å². The maximum Gasteiger partial charge on any atom is 0.281 e. The van der Waals surface area contributed by atoms with E-state index in [9.17, 15) is 8.78 Å². The van der Waals surface area contributed by atoms with Gasteiger partial charge in [-0.1, -0.05) is 0 Å². The highest BCUT2D eigenvalue weighted by atomic mass is 19.3. The summed E-state index contributed by atoms with van der Waals surface area (Å²) in [5.74, 6) is -2.23. The number of hydrogen-bond acceptors (Lipinski definition) is 3. The summed E-state index contributed by atoms with van der Waals surface area (Å²) in [6.07, 6.45) is 1.60. The Morgan fingerprint density at radius 1 is 1.36 bits per heavy atom. The summed E-state index contributed by atoms with van der Waals surface area (Å²) in [6.45, 7) is 1.14. The molecule has 0 aliphatic carbocycles. The van der Waals surface area contributed by atoms with E-state index in [1.165, 1.54) is 0 Å². The first-order valence-corrected chi connectivity index (χ1v) is 4.40. The van der Waals surface area contributed by atoms with Gasteiger partial charge >= 0.3 is 0 Å². The first-order valence-electron chi connectivity index (χ1n) is 4.40. The molecule has 2 rings (SSSR count). The predicted molar refractivity (Wildman–Crippen MR) is 50.9 cm³/mol. The Bertz CT molecular complexity index is 352. The molecule has 1 aliphatic rings. The van der Waals surface area contributed by atoms with Crippen molar-refractivity contribution in [2.75, 3.05) is 23.7 Å². The summed E-state index contributed by atoms with van der Waals surface area (Å²) in [5, 5.41) is 5.34. The van der Waals surface area contributed by atoms with Gasteiger partial charge in [-0.2, -0.15) is 0 Å². The van der Waals surface area contributed by atoms with Gasteiger partial charge in [-0.25, -0.2) is 13.8 Å². The number of anilines is 2. The second kappa shape index (κ2) is 3.08. The average molecular weight is 199 g/mol. The van der Waals surface area contributed by atoms with Crippen molar-refractivity contribution in [1.29, 1.82) is 0 Å². The first kappa shape index (κ1) is 9.18. The van der Waals surface area contributed by atoms with E-state index in [1.54, 1.807) is 12.3 Å². The molecule has 3 nitrogen and oxygen atoms in total. The average Bonchev–Trinajstić information content (AvgIpc) is 2.27. The van der Waals surface area contributed by atoms with Crippen molar-refractivity contribution in [3.05, 3.63) is 17.8 Å². The Hall–Kier alpha value is -1.39. The zero-order valence-corrected chi connectivity index (χ0v) is 7.77. The van der Waals surface area contributed by atoms with Crippen LogP contribution in [0.1, 0.15) is 5.56 Å². The maximum absolute atomic E-state index is 13.0. The van der Waals surface area contributed by atoms with Gasteiger partial charge in [-0.15, -0.1) is 0 Å². The lowest BCUT2D eigenvalue weighted by Crippen LogP contribution is -2.32. The number of nitrogens with zero attached hydrogens (tertiary/aromatic N) is 1. The Kier molecular flexibility index (Phi) is 2.02. The number of halogens is 2. The summed E-state index contributed by atoms with van der Waals surface area (Å²) in [7, 11) is 0. The lowest BCUT2D eigenvalue weighted by atomic mass is 10.2. The number of fused-ring (bicyclic) bond motifs is 1. The van der Waals surface area contributed by atoms with Crippen molar-refractivity contribution in [2.24, 2.45) is 0 Å². The van der Waals surface area contributed by atoms with Crippen molar-refractivity contribution in [1.82, 2.24) is 4.98 Å². The molecule has 0 atom stereocenters. The standard InChI is InChI=1S/C9H11F2N3/c1-6-2-3-12-8-7(6)13-4-9(10,11)5-14-8/h2-3,13H,4-5H2,1H3,(H,12,14). The third-order valence-electron chi connectivity index (χ3n) is 2.20. The molecule has 1 aromatic rings. The fourth-order valence-corrected chi connectivity index (χ4v) is 1.41. The van der Waals surface area contributed by atoms with Gasteiger partial charge in [0.25, 0.3) is 5.92 Å². The zero-order chi connectivity index (χ0) is 10.2. The normalized spacial score (nSPS) is 18.8. The second-order valence-electron chi connectivity index (χ2n) is 3.41. The van der Waals surface area contributed by atoms with E-state index in [-0.39, 0.29) is 13.1 Å². The molecule has 0 radical (unpaired) electrons. The minimum atomic E-state index is -2.73. The van der Waals surface area contributed by atoms with Crippen LogP contribution in [-0.4, -0.2) is 24.0 Å². The molecule has 2 N–H and O–H groups in total. The van der Waals surface area contributed by atoms with E-state index in [0.29, 0.717) is 11.5 Å². The van der Waals surface area contributed by atoms with Crippen LogP contribution in [0.4, 0.5) is 20.3 Å². The third kappa shape index (κ3) is 1.62. The van der Waals surface area contributed by atoms with Crippen molar-refractivity contribution in [3.8, 4) is 0 Å². The minimum absolute atomic E-state index is 0.348. The summed E-state index contributed by atoms with van der Waals surface area (Å²) in [4.78, 5) is 4.00. The Balaban J connectivity index is 2.34. The Labute approximate surface area is 80.5 Å². The molecular weight excluding hydrogens is 188 g/mol. The molecule has 0 saturated carbocycles. The van der Waals surface area contributed by atoms with Gasteiger partial charge in [0.05, 0.1) is 18.8 Å². The van der Waals surface area contributed by atoms with Gasteiger partial charge in [0, 0.05) is 6.20 Å². The molecular formula is C9H11F2N3. The van der Waals surface area contributed by atoms with E-state index in [4.69, 9.17) is 0 Å². The quantitative estimate of drug-likeness (QED) is 0.669. The second-order valence-corrected chi connectivity index (χ2v) is 3.41. The highest BCUT2D eigenvalue weighted by Gasteiger charge is 2.31. The fourth-order valence-electron chi connectivity index (χ4n) is 1.41. The fraction of sp³-hybridized carbons (Fsp3) is 0.444. The Morgan fingerprint density at radius 3 is 2.86 bits per heavy atom. The zero-order valence-electron chi connectivity index (χ0n) is 7.77. The highest BCUT2D eigenvalue weighted by molar-refractivity contribution is 5.69. The molecule has 14 heavy (non-hydrogen) atoms. The molecule has 0 unspecified atom stereocenters. The maximum atomic E-state index is 13.0. The lowest BCUT2D eigenvalue weighted by Gasteiger charge is -2.12. The van der Waals surface area contributed by atoms with Crippen LogP contribution in [0.2, 0.25) is 0 Å². The number of pyridine rings is 1. The predicted octanol–water partition coefficient (Wildman–Crippen LogP) is 1.86. The minimum Gasteiger partial charge on any atom is -0.376 e. The van der Waals surface area contributed by atoms with Gasteiger partial charge < -0.3 is 10.6 Å². The smallest absolute Gasteiger partial charge is 0.281 e. The molecule has 0 bridgehead atoms. The van der Waals surface area contributed by atoms with E-state index >= 15 is 0 Å². The van der Waals surface area contributed by atoms with Crippen molar-refractivity contribution in [3.63, 3.8) is 0 Å². The molecule has 1 aliphatic heterocycles. The molecule has 0 spiro atoms. The van der Waals surface area contributed by atoms with Crippen LogP contribution < -0.4 is 10.6 Å². The molecule has 0 aromatic carbocycles. The molecule has 76 valence electrons. The van der Waals surface area contributed by atoms with Crippen molar-refractivity contribution < 1.29 is 8.78 Å². The molecule has 0 amide bonds. The topological polar surface area (TPSA) is 37.0 Å². The van der Waals surface area contributed by atoms with Gasteiger partial charge in [0.15, 0.2) is 0 Å². The summed E-state index contributed by atoms with van der Waals surface area (Å²) in [5.41, 5.74) is 1.59. The lowest BCUT2D eigenvalue weighted by molar-refractivity contribution is 0.0309. The number of rotatable bonds is 0. The summed E-state index contributed by atoms with van der Waals surface area (Å²) in [6, 6.07) is 1.79. The van der Waals surface area contributed by atoms with Crippen LogP contribution in [0.3, 0.4) is 0 Å². The molecule has 0 fully saturated rings. The number of hydrogen-bond donors (Lipinski definition) is 2. The van der Waals surface area contributed by atoms with Crippen LogP contribution in [-0.2, 0) is 0 Å². The largest absolute Gasteiger partial charge is 0.376 e. The Morgan fingerprint density at radius 2 is 2.07 bits per heavy atom. The molecule has 2 heterocycles. The van der Waals surface area contributed by atoms with E-state index in [2.05, 4.69) is 15.6 Å². The molecule has 1 aromatic heterocycles. The number of aryl methyl sites for hydroxylation is 1. The van der Waals surface area contributed by atoms with E-state index in [0.717, 1.165) is 5.56 Å².